The number of aliphatic imine (C=N–C) groups is 1. The van der Waals surface area contributed by atoms with E-state index in [2.05, 4.69) is 85.6 Å². The van der Waals surface area contributed by atoms with Gasteiger partial charge < -0.3 is 20.0 Å². The van der Waals surface area contributed by atoms with Crippen LogP contribution in [0.25, 0.3) is 11.1 Å². The van der Waals surface area contributed by atoms with Gasteiger partial charge in [0.05, 0.1) is 18.2 Å². The molecule has 2 saturated heterocycles. The van der Waals surface area contributed by atoms with Gasteiger partial charge >= 0.3 is 0 Å². The number of hydrogen-bond donors (Lipinski definition) is 1. The number of amides is 1. The fourth-order valence-corrected chi connectivity index (χ4v) is 6.99. The maximum absolute atomic E-state index is 13.6. The van der Waals surface area contributed by atoms with Crippen LogP contribution in [0, 0.1) is 5.82 Å². The molecule has 1 atom stereocenters. The van der Waals surface area contributed by atoms with Crippen molar-refractivity contribution in [2.75, 3.05) is 57.3 Å². The lowest BCUT2D eigenvalue weighted by Crippen LogP contribution is -2.56. The van der Waals surface area contributed by atoms with Gasteiger partial charge in [0.15, 0.2) is 0 Å². The number of rotatable bonds is 9. The van der Waals surface area contributed by atoms with Crippen LogP contribution in [0.3, 0.4) is 0 Å². The lowest BCUT2D eigenvalue weighted by molar-refractivity contribution is -0.121. The molecule has 3 heterocycles. The van der Waals surface area contributed by atoms with Crippen LogP contribution in [0.1, 0.15) is 36.4 Å². The molecule has 47 heavy (non-hydrogen) atoms. The number of nitrogens with zero attached hydrogens (tertiary/aromatic N) is 5. The zero-order valence-electron chi connectivity index (χ0n) is 26.9. The number of piperazine rings is 1. The third-order valence-corrected chi connectivity index (χ3v) is 9.66. The smallest absolute Gasteiger partial charge is 0.222 e. The van der Waals surface area contributed by atoms with Crippen molar-refractivity contribution < 1.29 is 9.18 Å². The number of carbonyl (C=O) groups excluding carboxylic acids is 1. The van der Waals surface area contributed by atoms with Crippen LogP contribution in [0.15, 0.2) is 108 Å². The number of hydrogen-bond acceptors (Lipinski definition) is 6. The van der Waals surface area contributed by atoms with E-state index in [9.17, 15) is 9.18 Å². The predicted molar refractivity (Wildman–Crippen MR) is 187 cm³/mol. The first-order valence-electron chi connectivity index (χ1n) is 16.9. The van der Waals surface area contributed by atoms with Crippen LogP contribution in [-0.4, -0.2) is 78.9 Å². The largest absolute Gasteiger partial charge is 0.352 e. The number of guanidine groups is 1. The highest BCUT2D eigenvalue weighted by Gasteiger charge is 2.36. The van der Waals surface area contributed by atoms with Crippen LogP contribution >= 0.6 is 0 Å². The summed E-state index contributed by atoms with van der Waals surface area (Å²) in [4.78, 5) is 28.7. The number of benzene rings is 4. The zero-order valence-corrected chi connectivity index (χ0v) is 26.9. The third-order valence-electron chi connectivity index (χ3n) is 9.66. The summed E-state index contributed by atoms with van der Waals surface area (Å²) in [5.74, 6) is 0.548. The Morgan fingerprint density at radius 1 is 0.723 bits per heavy atom. The summed E-state index contributed by atoms with van der Waals surface area (Å²) in [7, 11) is 0. The molecule has 4 aromatic rings. The zero-order chi connectivity index (χ0) is 32.0. The summed E-state index contributed by atoms with van der Waals surface area (Å²) in [6.07, 6.45) is 2.90. The number of likely N-dealkylation sites (tertiary alicyclic amines) is 1. The van der Waals surface area contributed by atoms with Crippen molar-refractivity contribution in [3.63, 3.8) is 0 Å². The highest BCUT2D eigenvalue weighted by molar-refractivity contribution is 6.01. The van der Waals surface area contributed by atoms with E-state index in [0.717, 1.165) is 73.3 Å². The van der Waals surface area contributed by atoms with E-state index in [1.165, 1.54) is 43.6 Å². The second-order valence-electron chi connectivity index (χ2n) is 12.8. The number of halogens is 1. The van der Waals surface area contributed by atoms with E-state index >= 15 is 0 Å². The number of para-hydroxylation sites is 1. The molecule has 7 rings (SSSR count). The Morgan fingerprint density at radius 2 is 1.36 bits per heavy atom. The molecular formula is C39H43FN6O. The van der Waals surface area contributed by atoms with Crippen molar-refractivity contribution in [3.05, 3.63) is 120 Å². The molecule has 242 valence electrons. The Morgan fingerprint density at radius 3 is 2.09 bits per heavy atom. The SMILES string of the molecule is O=C(CC1c2ccccc2N=C(N2CCN(CCN3CCCC3)CC2)N1c1ccc(-c2ccccc2)cc1)NCc1ccc(F)cc1. The lowest BCUT2D eigenvalue weighted by Gasteiger charge is -2.45. The molecule has 0 aliphatic carbocycles. The topological polar surface area (TPSA) is 54.4 Å². The highest BCUT2D eigenvalue weighted by Crippen LogP contribution is 2.41. The first kappa shape index (κ1) is 31.1. The molecule has 0 spiro atoms. The number of fused-ring (bicyclic) bond motifs is 1. The first-order chi connectivity index (χ1) is 23.1. The van der Waals surface area contributed by atoms with Crippen LogP contribution in [-0.2, 0) is 11.3 Å². The van der Waals surface area contributed by atoms with Gasteiger partial charge in [-0.25, -0.2) is 9.38 Å². The summed E-state index contributed by atoms with van der Waals surface area (Å²) in [5.41, 5.74) is 6.12. The summed E-state index contributed by atoms with van der Waals surface area (Å²) < 4.78 is 13.5. The molecule has 4 aromatic carbocycles. The monoisotopic (exact) mass is 630 g/mol. The van der Waals surface area contributed by atoms with Gasteiger partial charge in [-0.05, 0) is 73.0 Å². The quantitative estimate of drug-likeness (QED) is 0.230. The molecule has 1 N–H and O–H groups in total. The van der Waals surface area contributed by atoms with Crippen LogP contribution in [0.2, 0.25) is 0 Å². The van der Waals surface area contributed by atoms with Gasteiger partial charge in [0.25, 0.3) is 0 Å². The highest BCUT2D eigenvalue weighted by atomic mass is 19.1. The molecule has 7 nitrogen and oxygen atoms in total. The van der Waals surface area contributed by atoms with E-state index in [4.69, 9.17) is 4.99 Å². The molecule has 0 aromatic heterocycles. The maximum Gasteiger partial charge on any atom is 0.222 e. The number of anilines is 1. The van der Waals surface area contributed by atoms with Crippen molar-refractivity contribution in [2.45, 2.75) is 31.8 Å². The van der Waals surface area contributed by atoms with Crippen molar-refractivity contribution in [1.82, 2.24) is 20.0 Å². The van der Waals surface area contributed by atoms with Gasteiger partial charge in [-0.1, -0.05) is 72.8 Å². The lowest BCUT2D eigenvalue weighted by atomic mass is 9.96. The molecule has 3 aliphatic rings. The molecule has 0 bridgehead atoms. The van der Waals surface area contributed by atoms with Gasteiger partial charge in [0.2, 0.25) is 11.9 Å². The molecule has 1 amide bonds. The molecule has 0 radical (unpaired) electrons. The van der Waals surface area contributed by atoms with Gasteiger partial charge in [0, 0.05) is 57.1 Å². The first-order valence-corrected chi connectivity index (χ1v) is 16.9. The van der Waals surface area contributed by atoms with E-state index in [1.54, 1.807) is 12.1 Å². The molecule has 8 heteroatoms. The Bertz CT molecular complexity index is 1660. The van der Waals surface area contributed by atoms with E-state index in [-0.39, 0.29) is 24.2 Å². The Labute approximate surface area is 277 Å². The van der Waals surface area contributed by atoms with Crippen molar-refractivity contribution in [2.24, 2.45) is 4.99 Å². The molecule has 0 saturated carbocycles. The Kier molecular flexibility index (Phi) is 9.58. The van der Waals surface area contributed by atoms with Crippen LogP contribution in [0.5, 0.6) is 0 Å². The minimum Gasteiger partial charge on any atom is -0.352 e. The van der Waals surface area contributed by atoms with E-state index in [0.29, 0.717) is 6.54 Å². The number of nitrogens with one attached hydrogen (secondary N) is 1. The number of carbonyl (C=O) groups is 1. The molecular weight excluding hydrogens is 587 g/mol. The van der Waals surface area contributed by atoms with E-state index in [1.807, 2.05) is 18.2 Å². The van der Waals surface area contributed by atoms with Crippen molar-refractivity contribution >= 4 is 23.2 Å². The van der Waals surface area contributed by atoms with Crippen molar-refractivity contribution in [3.8, 4) is 11.1 Å². The second kappa shape index (κ2) is 14.5. The minimum absolute atomic E-state index is 0.0620. The normalized spacial score (nSPS) is 18.6. The fraction of sp³-hybridized carbons (Fsp3) is 0.333. The minimum atomic E-state index is -0.285. The van der Waals surface area contributed by atoms with Gasteiger partial charge in [0.1, 0.15) is 5.82 Å². The van der Waals surface area contributed by atoms with E-state index < -0.39 is 0 Å². The Balaban J connectivity index is 1.15. The fourth-order valence-electron chi connectivity index (χ4n) is 6.99. The average Bonchev–Trinajstić information content (AvgIpc) is 3.65. The molecule has 2 fully saturated rings. The van der Waals surface area contributed by atoms with Gasteiger partial charge in [-0.3, -0.25) is 9.69 Å². The molecule has 3 aliphatic heterocycles. The maximum atomic E-state index is 13.6. The summed E-state index contributed by atoms with van der Waals surface area (Å²) in [6.45, 7) is 8.77. The average molecular weight is 631 g/mol. The van der Waals surface area contributed by atoms with Crippen molar-refractivity contribution in [1.29, 1.82) is 0 Å². The van der Waals surface area contributed by atoms with Crippen LogP contribution < -0.4 is 10.2 Å². The standard InChI is InChI=1S/C39H43FN6O/c40-33-16-12-30(13-17-33)29-41-38(47)28-37-35-10-4-5-11-36(35)42-39(45-26-24-44(25-27-45)23-22-43-20-6-7-21-43)46(37)34-18-14-32(15-19-34)31-8-2-1-3-9-31/h1-5,8-19,37H,6-7,20-29H2,(H,41,47). The summed E-state index contributed by atoms with van der Waals surface area (Å²) in [5, 5.41) is 3.08. The van der Waals surface area contributed by atoms with Gasteiger partial charge in [-0.2, -0.15) is 0 Å². The molecule has 1 unspecified atom stereocenters. The summed E-state index contributed by atoms with van der Waals surface area (Å²) >= 11 is 0. The van der Waals surface area contributed by atoms with Gasteiger partial charge in [-0.15, -0.1) is 0 Å². The van der Waals surface area contributed by atoms with Crippen LogP contribution in [0.4, 0.5) is 15.8 Å². The second-order valence-corrected chi connectivity index (χ2v) is 12.8. The summed E-state index contributed by atoms with van der Waals surface area (Å²) in [6, 6.07) is 33.2. The predicted octanol–water partition coefficient (Wildman–Crippen LogP) is 6.46. The Hall–Kier alpha value is -4.53. The third kappa shape index (κ3) is 7.39.